The number of nitrogens with zero attached hydrogens (tertiary/aromatic N) is 1. The number of thioether (sulfide) groups is 1. The lowest BCUT2D eigenvalue weighted by atomic mass is 10.1. The molecule has 0 N–H and O–H groups in total. The fourth-order valence-electron chi connectivity index (χ4n) is 3.34. The van der Waals surface area contributed by atoms with E-state index >= 15 is 0 Å². The summed E-state index contributed by atoms with van der Waals surface area (Å²) in [4.78, 5) is 27.0. The summed E-state index contributed by atoms with van der Waals surface area (Å²) >= 11 is 4.37. The van der Waals surface area contributed by atoms with Gasteiger partial charge >= 0.3 is 0 Å². The summed E-state index contributed by atoms with van der Waals surface area (Å²) < 4.78 is 12.6. The highest BCUT2D eigenvalue weighted by molar-refractivity contribution is 9.10. The number of ether oxygens (including phenoxy) is 2. The van der Waals surface area contributed by atoms with Crippen LogP contribution in [0.5, 0.6) is 11.5 Å². The van der Waals surface area contributed by atoms with Crippen LogP contribution in [-0.4, -0.2) is 22.7 Å². The predicted octanol–water partition coefficient (Wildman–Crippen LogP) is 6.66. The van der Waals surface area contributed by atoms with Crippen molar-refractivity contribution in [3.63, 3.8) is 0 Å². The molecule has 0 bridgehead atoms. The third kappa shape index (κ3) is 5.86. The molecule has 4 rings (SSSR count). The molecule has 168 valence electrons. The van der Waals surface area contributed by atoms with Crippen LogP contribution in [0, 0.1) is 0 Å². The summed E-state index contributed by atoms with van der Waals surface area (Å²) in [5, 5.41) is -0.279. The van der Waals surface area contributed by atoms with Gasteiger partial charge in [-0.1, -0.05) is 64.5 Å². The monoisotopic (exact) mass is 523 g/mol. The van der Waals surface area contributed by atoms with Gasteiger partial charge in [-0.2, -0.15) is 0 Å². The zero-order chi connectivity index (χ0) is 23.2. The predicted molar refractivity (Wildman–Crippen MR) is 134 cm³/mol. The number of hydrogen-bond donors (Lipinski definition) is 0. The van der Waals surface area contributed by atoms with E-state index in [1.165, 1.54) is 4.90 Å². The Morgan fingerprint density at radius 3 is 2.45 bits per heavy atom. The summed E-state index contributed by atoms with van der Waals surface area (Å²) in [5.74, 6) is 0.920. The number of amides is 2. The van der Waals surface area contributed by atoms with E-state index in [0.717, 1.165) is 32.9 Å². The molecule has 2 amide bonds. The van der Waals surface area contributed by atoms with Crippen molar-refractivity contribution in [3.8, 4) is 11.5 Å². The standard InChI is InChI=1S/C26H22BrNO4S/c1-2-31-23-14-19(11-12-22(23)32-17-18-7-4-3-5-8-18)15-24-25(29)28(26(30)33-24)16-20-9-6-10-21(27)13-20/h3-15H,2,16-17H2,1H3/b24-15+. The van der Waals surface area contributed by atoms with Gasteiger partial charge in [-0.05, 0) is 65.7 Å². The minimum absolute atomic E-state index is 0.234. The zero-order valence-electron chi connectivity index (χ0n) is 18.0. The zero-order valence-corrected chi connectivity index (χ0v) is 20.4. The summed E-state index contributed by atoms with van der Waals surface area (Å²) in [5.41, 5.74) is 2.70. The van der Waals surface area contributed by atoms with Crippen LogP contribution < -0.4 is 9.47 Å². The summed E-state index contributed by atoms with van der Waals surface area (Å²) in [7, 11) is 0. The average molecular weight is 524 g/mol. The number of halogens is 1. The lowest BCUT2D eigenvalue weighted by Crippen LogP contribution is -2.27. The molecule has 0 unspecified atom stereocenters. The van der Waals surface area contributed by atoms with E-state index in [1.807, 2.05) is 79.7 Å². The summed E-state index contributed by atoms with van der Waals surface area (Å²) in [6.07, 6.45) is 1.72. The molecule has 3 aromatic carbocycles. The Balaban J connectivity index is 1.51. The molecule has 0 spiro atoms. The SMILES string of the molecule is CCOc1cc(/C=C2/SC(=O)N(Cc3cccc(Br)c3)C2=O)ccc1OCc1ccccc1. The third-order valence-corrected chi connectivity index (χ3v) is 6.31. The van der Waals surface area contributed by atoms with Gasteiger partial charge in [-0.3, -0.25) is 14.5 Å². The molecule has 0 atom stereocenters. The van der Waals surface area contributed by atoms with E-state index in [2.05, 4.69) is 15.9 Å². The van der Waals surface area contributed by atoms with Gasteiger partial charge in [0.1, 0.15) is 6.61 Å². The van der Waals surface area contributed by atoms with Crippen molar-refractivity contribution in [2.24, 2.45) is 0 Å². The lowest BCUT2D eigenvalue weighted by Gasteiger charge is -2.13. The molecule has 0 radical (unpaired) electrons. The van der Waals surface area contributed by atoms with Crippen molar-refractivity contribution in [3.05, 3.63) is 98.9 Å². The third-order valence-electron chi connectivity index (χ3n) is 4.91. The Kier molecular flexibility index (Phi) is 7.52. The quantitative estimate of drug-likeness (QED) is 0.309. The van der Waals surface area contributed by atoms with Crippen molar-refractivity contribution in [1.82, 2.24) is 4.90 Å². The van der Waals surface area contributed by atoms with Crippen LogP contribution in [0.2, 0.25) is 0 Å². The van der Waals surface area contributed by atoms with Crippen LogP contribution in [0.1, 0.15) is 23.6 Å². The molecule has 1 aliphatic rings. The summed E-state index contributed by atoms with van der Waals surface area (Å²) in [6.45, 7) is 3.04. The smallest absolute Gasteiger partial charge is 0.293 e. The Morgan fingerprint density at radius 1 is 0.909 bits per heavy atom. The number of hydrogen-bond acceptors (Lipinski definition) is 5. The van der Waals surface area contributed by atoms with Crippen molar-refractivity contribution in [2.75, 3.05) is 6.61 Å². The molecular formula is C26H22BrNO4S. The van der Waals surface area contributed by atoms with E-state index in [4.69, 9.17) is 9.47 Å². The van der Waals surface area contributed by atoms with Gasteiger partial charge in [0.25, 0.3) is 11.1 Å². The number of carbonyl (C=O) groups is 2. The number of carbonyl (C=O) groups excluding carboxylic acids is 2. The van der Waals surface area contributed by atoms with Crippen LogP contribution in [-0.2, 0) is 17.9 Å². The molecule has 0 saturated carbocycles. The Labute approximate surface area is 205 Å². The van der Waals surface area contributed by atoms with Gasteiger partial charge in [-0.25, -0.2) is 0 Å². The fourth-order valence-corrected chi connectivity index (χ4v) is 4.63. The van der Waals surface area contributed by atoms with Gasteiger partial charge in [0, 0.05) is 4.47 Å². The number of rotatable bonds is 8. The van der Waals surface area contributed by atoms with Crippen LogP contribution in [0.25, 0.3) is 6.08 Å². The maximum absolute atomic E-state index is 12.9. The molecule has 7 heteroatoms. The Hall–Kier alpha value is -3.03. The molecule has 0 aromatic heterocycles. The number of imide groups is 1. The second-order valence-electron chi connectivity index (χ2n) is 7.31. The van der Waals surface area contributed by atoms with Crippen molar-refractivity contribution >= 4 is 44.9 Å². The molecule has 0 aliphatic carbocycles. The van der Waals surface area contributed by atoms with Gasteiger partial charge in [-0.15, -0.1) is 0 Å². The van der Waals surface area contributed by atoms with Crippen molar-refractivity contribution in [1.29, 1.82) is 0 Å². The Bertz CT molecular complexity index is 1200. The lowest BCUT2D eigenvalue weighted by molar-refractivity contribution is -0.123. The van der Waals surface area contributed by atoms with Gasteiger partial charge in [0.2, 0.25) is 0 Å². The molecule has 1 heterocycles. The molecule has 3 aromatic rings. The first kappa shape index (κ1) is 23.1. The minimum Gasteiger partial charge on any atom is -0.490 e. The Morgan fingerprint density at radius 2 is 1.70 bits per heavy atom. The van der Waals surface area contributed by atoms with Crippen LogP contribution in [0.4, 0.5) is 4.79 Å². The van der Waals surface area contributed by atoms with E-state index in [-0.39, 0.29) is 17.7 Å². The molecule has 1 aliphatic heterocycles. The van der Waals surface area contributed by atoms with Crippen molar-refractivity contribution in [2.45, 2.75) is 20.1 Å². The molecular weight excluding hydrogens is 502 g/mol. The summed E-state index contributed by atoms with van der Waals surface area (Å²) in [6, 6.07) is 23.0. The maximum Gasteiger partial charge on any atom is 0.293 e. The topological polar surface area (TPSA) is 55.8 Å². The molecule has 33 heavy (non-hydrogen) atoms. The van der Waals surface area contributed by atoms with Gasteiger partial charge in [0.15, 0.2) is 11.5 Å². The normalized spacial score (nSPS) is 14.7. The molecule has 5 nitrogen and oxygen atoms in total. The van der Waals surface area contributed by atoms with Gasteiger partial charge in [0.05, 0.1) is 18.1 Å². The van der Waals surface area contributed by atoms with Gasteiger partial charge < -0.3 is 9.47 Å². The van der Waals surface area contributed by atoms with Crippen LogP contribution in [0.15, 0.2) is 82.2 Å². The first-order valence-corrected chi connectivity index (χ1v) is 12.1. The minimum atomic E-state index is -0.299. The van der Waals surface area contributed by atoms with E-state index < -0.39 is 0 Å². The highest BCUT2D eigenvalue weighted by atomic mass is 79.9. The largest absolute Gasteiger partial charge is 0.490 e. The van der Waals surface area contributed by atoms with E-state index in [9.17, 15) is 9.59 Å². The fraction of sp³-hybridized carbons (Fsp3) is 0.154. The molecule has 1 fully saturated rings. The maximum atomic E-state index is 12.9. The van der Waals surface area contributed by atoms with E-state index in [0.29, 0.717) is 29.6 Å². The van der Waals surface area contributed by atoms with Crippen LogP contribution >= 0.6 is 27.7 Å². The second-order valence-corrected chi connectivity index (χ2v) is 9.22. The second kappa shape index (κ2) is 10.7. The number of benzene rings is 3. The average Bonchev–Trinajstić information content (AvgIpc) is 3.07. The molecule has 1 saturated heterocycles. The van der Waals surface area contributed by atoms with E-state index in [1.54, 1.807) is 6.08 Å². The van der Waals surface area contributed by atoms with Crippen LogP contribution in [0.3, 0.4) is 0 Å². The van der Waals surface area contributed by atoms with Crippen molar-refractivity contribution < 1.29 is 19.1 Å². The highest BCUT2D eigenvalue weighted by Gasteiger charge is 2.35. The first-order chi connectivity index (χ1) is 16.0. The first-order valence-electron chi connectivity index (χ1n) is 10.5. The highest BCUT2D eigenvalue weighted by Crippen LogP contribution is 2.35.